The normalized spacial score (nSPS) is 10.3. The molecule has 0 amide bonds. The molecule has 0 fully saturated rings. The first-order valence-electron chi connectivity index (χ1n) is 13.0. The first-order valence-corrected chi connectivity index (χ1v) is 13.0. The molecular formula is C31H30N6O4. The van der Waals surface area contributed by atoms with Crippen LogP contribution in [0, 0.1) is 0 Å². The van der Waals surface area contributed by atoms with Crippen LogP contribution >= 0.6 is 0 Å². The molecule has 0 bridgehead atoms. The Hall–Kier alpha value is -5.51. The third kappa shape index (κ3) is 8.75. The third-order valence-corrected chi connectivity index (χ3v) is 5.59. The number of para-hydroxylation sites is 4. The molecule has 0 aliphatic rings. The van der Waals surface area contributed by atoms with Crippen LogP contribution in [0.5, 0.6) is 23.0 Å². The molecule has 0 aliphatic carbocycles. The molecule has 2 N–H and O–H groups in total. The molecular weight excluding hydrogens is 520 g/mol. The summed E-state index contributed by atoms with van der Waals surface area (Å²) >= 11 is 0. The maximum absolute atomic E-state index is 6.02. The average Bonchev–Trinajstić information content (AvgIpc) is 3.03. The fourth-order valence-electron chi connectivity index (χ4n) is 3.56. The minimum Gasteiger partial charge on any atom is -0.473 e. The van der Waals surface area contributed by atoms with Gasteiger partial charge in [0, 0.05) is 0 Å². The van der Waals surface area contributed by atoms with Gasteiger partial charge in [-0.2, -0.15) is 15.0 Å². The fraction of sp³-hybridized carbons (Fsp3) is 0.129. The number of rotatable bonds is 15. The van der Waals surface area contributed by atoms with Crippen molar-refractivity contribution in [1.29, 1.82) is 0 Å². The van der Waals surface area contributed by atoms with Crippen LogP contribution in [-0.2, 0) is 0 Å². The van der Waals surface area contributed by atoms with Gasteiger partial charge in [-0.1, -0.05) is 72.8 Å². The highest BCUT2D eigenvalue weighted by molar-refractivity contribution is 5.44. The van der Waals surface area contributed by atoms with Gasteiger partial charge < -0.3 is 29.6 Å². The SMILES string of the molecule is c1ccc(OCNc2nc(NCOc3ccccc3)nc(N(COc3ccccc3)COc3ccccc3)n2)cc1. The van der Waals surface area contributed by atoms with Crippen molar-refractivity contribution in [3.05, 3.63) is 121 Å². The summed E-state index contributed by atoms with van der Waals surface area (Å²) in [7, 11) is 0. The molecule has 4 aromatic carbocycles. The summed E-state index contributed by atoms with van der Waals surface area (Å²) in [6.07, 6.45) is 0. The average molecular weight is 551 g/mol. The Bertz CT molecular complexity index is 1340. The Morgan fingerprint density at radius 1 is 0.439 bits per heavy atom. The van der Waals surface area contributed by atoms with E-state index in [0.717, 1.165) is 11.5 Å². The van der Waals surface area contributed by atoms with Crippen molar-refractivity contribution in [3.8, 4) is 23.0 Å². The van der Waals surface area contributed by atoms with Gasteiger partial charge in [-0.15, -0.1) is 0 Å². The van der Waals surface area contributed by atoms with E-state index in [1.165, 1.54) is 0 Å². The van der Waals surface area contributed by atoms with Gasteiger partial charge in [0.15, 0.2) is 26.9 Å². The summed E-state index contributed by atoms with van der Waals surface area (Å²) in [6, 6.07) is 38.0. The van der Waals surface area contributed by atoms with Crippen molar-refractivity contribution in [2.45, 2.75) is 0 Å². The molecule has 0 saturated carbocycles. The molecule has 1 aromatic heterocycles. The maximum atomic E-state index is 6.02. The van der Waals surface area contributed by atoms with E-state index >= 15 is 0 Å². The smallest absolute Gasteiger partial charge is 0.237 e. The van der Waals surface area contributed by atoms with Crippen molar-refractivity contribution in [1.82, 2.24) is 15.0 Å². The quantitative estimate of drug-likeness (QED) is 0.159. The number of benzene rings is 4. The summed E-state index contributed by atoms with van der Waals surface area (Å²) in [5.74, 6) is 3.79. The Morgan fingerprint density at radius 2 is 0.780 bits per heavy atom. The molecule has 10 nitrogen and oxygen atoms in total. The van der Waals surface area contributed by atoms with E-state index < -0.39 is 0 Å². The largest absolute Gasteiger partial charge is 0.473 e. The Kier molecular flexibility index (Phi) is 9.63. The van der Waals surface area contributed by atoms with Crippen molar-refractivity contribution in [2.75, 3.05) is 42.5 Å². The number of ether oxygens (including phenoxy) is 4. The van der Waals surface area contributed by atoms with Crippen LogP contribution in [0.15, 0.2) is 121 Å². The van der Waals surface area contributed by atoms with Gasteiger partial charge in [-0.05, 0) is 48.5 Å². The highest BCUT2D eigenvalue weighted by Crippen LogP contribution is 2.18. The van der Waals surface area contributed by atoms with Gasteiger partial charge in [0.2, 0.25) is 17.8 Å². The summed E-state index contributed by atoms with van der Waals surface area (Å²) in [4.78, 5) is 15.5. The van der Waals surface area contributed by atoms with Crippen molar-refractivity contribution in [2.24, 2.45) is 0 Å². The minimum atomic E-state index is 0.126. The van der Waals surface area contributed by atoms with Crippen LogP contribution in [0.25, 0.3) is 0 Å². The molecule has 208 valence electrons. The molecule has 41 heavy (non-hydrogen) atoms. The summed E-state index contributed by atoms with van der Waals surface area (Å²) in [6.45, 7) is 0.546. The van der Waals surface area contributed by atoms with Crippen molar-refractivity contribution >= 4 is 17.8 Å². The lowest BCUT2D eigenvalue weighted by atomic mass is 10.3. The number of nitrogens with one attached hydrogen (secondary N) is 2. The number of anilines is 3. The first kappa shape index (κ1) is 27.1. The molecule has 0 spiro atoms. The van der Waals surface area contributed by atoms with Crippen LogP contribution in [0.2, 0.25) is 0 Å². The van der Waals surface area contributed by atoms with E-state index in [1.807, 2.05) is 121 Å². The number of hydrogen-bond acceptors (Lipinski definition) is 10. The highest BCUT2D eigenvalue weighted by Gasteiger charge is 2.16. The topological polar surface area (TPSA) is 103 Å². The van der Waals surface area contributed by atoms with Gasteiger partial charge in [-0.3, -0.25) is 4.90 Å². The van der Waals surface area contributed by atoms with Crippen molar-refractivity contribution in [3.63, 3.8) is 0 Å². The summed E-state index contributed by atoms with van der Waals surface area (Å²) in [5.41, 5.74) is 0. The van der Waals surface area contributed by atoms with Gasteiger partial charge in [0.25, 0.3) is 0 Å². The predicted molar refractivity (Wildman–Crippen MR) is 157 cm³/mol. The molecule has 10 heteroatoms. The highest BCUT2D eigenvalue weighted by atomic mass is 16.5. The molecule has 0 saturated heterocycles. The van der Waals surface area contributed by atoms with Gasteiger partial charge >= 0.3 is 0 Å². The minimum absolute atomic E-state index is 0.126. The van der Waals surface area contributed by atoms with Gasteiger partial charge in [-0.25, -0.2) is 0 Å². The van der Waals surface area contributed by atoms with Crippen LogP contribution in [0.1, 0.15) is 0 Å². The molecule has 0 aliphatic heterocycles. The Labute approximate surface area is 238 Å². The van der Waals surface area contributed by atoms with Crippen LogP contribution < -0.4 is 34.5 Å². The molecule has 1 heterocycles. The fourth-order valence-corrected chi connectivity index (χ4v) is 3.56. The first-order chi connectivity index (χ1) is 20.3. The van der Waals surface area contributed by atoms with E-state index in [1.54, 1.807) is 4.90 Å². The second-order valence-electron chi connectivity index (χ2n) is 8.55. The van der Waals surface area contributed by atoms with Gasteiger partial charge in [0.05, 0.1) is 0 Å². The van der Waals surface area contributed by atoms with E-state index in [2.05, 4.69) is 25.6 Å². The summed E-state index contributed by atoms with van der Waals surface area (Å²) in [5, 5.41) is 6.22. The molecule has 0 unspecified atom stereocenters. The van der Waals surface area contributed by atoms with E-state index in [9.17, 15) is 0 Å². The second-order valence-corrected chi connectivity index (χ2v) is 8.55. The lowest BCUT2D eigenvalue weighted by Gasteiger charge is -2.24. The second kappa shape index (κ2) is 14.6. The van der Waals surface area contributed by atoms with Crippen LogP contribution in [0.3, 0.4) is 0 Å². The van der Waals surface area contributed by atoms with Crippen LogP contribution in [-0.4, -0.2) is 41.9 Å². The zero-order valence-corrected chi connectivity index (χ0v) is 22.3. The summed E-state index contributed by atoms with van der Waals surface area (Å²) < 4.78 is 23.6. The Balaban J connectivity index is 1.34. The predicted octanol–water partition coefficient (Wildman–Crippen LogP) is 5.65. The zero-order valence-electron chi connectivity index (χ0n) is 22.3. The molecule has 5 aromatic rings. The van der Waals surface area contributed by atoms with Crippen LogP contribution in [0.4, 0.5) is 17.8 Å². The maximum Gasteiger partial charge on any atom is 0.237 e. The van der Waals surface area contributed by atoms with E-state index in [0.29, 0.717) is 29.3 Å². The molecule has 0 radical (unpaired) electrons. The van der Waals surface area contributed by atoms with E-state index in [4.69, 9.17) is 18.9 Å². The van der Waals surface area contributed by atoms with Gasteiger partial charge in [0.1, 0.15) is 23.0 Å². The van der Waals surface area contributed by atoms with E-state index in [-0.39, 0.29) is 26.9 Å². The Morgan fingerprint density at radius 3 is 1.15 bits per heavy atom. The number of aromatic nitrogens is 3. The standard InChI is InChI=1S/C31H30N6O4/c1-5-13-25(14-6-1)38-21-32-29-34-30(33-22-39-26-15-7-2-8-16-26)36-31(35-29)37(23-40-27-17-9-3-10-18-27)24-41-28-19-11-4-12-20-28/h1-20H,21-24H2,(H2,32,33,34,35,36). The molecule has 0 atom stereocenters. The monoisotopic (exact) mass is 550 g/mol. The lowest BCUT2D eigenvalue weighted by molar-refractivity contribution is 0.246. The zero-order chi connectivity index (χ0) is 28.0. The number of nitrogens with zero attached hydrogens (tertiary/aromatic N) is 4. The van der Waals surface area contributed by atoms with Crippen molar-refractivity contribution < 1.29 is 18.9 Å². The lowest BCUT2D eigenvalue weighted by Crippen LogP contribution is -2.34. The molecule has 5 rings (SSSR count). The third-order valence-electron chi connectivity index (χ3n) is 5.59. The number of hydrogen-bond donors (Lipinski definition) is 2.